The molecule has 0 aliphatic rings. The van der Waals surface area contributed by atoms with Gasteiger partial charge < -0.3 is 11.1 Å². The molecule has 0 aliphatic heterocycles. The van der Waals surface area contributed by atoms with Gasteiger partial charge in [0.2, 0.25) is 5.91 Å². The Morgan fingerprint density at radius 3 is 2.47 bits per heavy atom. The molecule has 0 aromatic heterocycles. The minimum atomic E-state index is -0.926. The number of benzene rings is 1. The number of carbonyl (C=O) groups is 1. The lowest BCUT2D eigenvalue weighted by molar-refractivity contribution is -0.124. The van der Waals surface area contributed by atoms with Crippen molar-refractivity contribution in [3.8, 4) is 0 Å². The molecular weight excluding hydrogens is 250 g/mol. The Morgan fingerprint density at radius 1 is 1.32 bits per heavy atom. The van der Waals surface area contributed by atoms with Gasteiger partial charge in [-0.2, -0.15) is 0 Å². The van der Waals surface area contributed by atoms with Gasteiger partial charge in [0.05, 0.1) is 12.1 Å². The number of halogens is 2. The summed E-state index contributed by atoms with van der Waals surface area (Å²) in [7, 11) is 0. The quantitative estimate of drug-likeness (QED) is 0.863. The SMILES string of the molecule is CCC(C)[C@H](N)C(=O)NC(C)c1ccc(F)c(F)c1. The standard InChI is InChI=1S/C14H20F2N2O/c1-4-8(2)13(17)14(19)18-9(3)10-5-6-11(15)12(16)7-10/h5-9,13H,4,17H2,1-3H3,(H,18,19)/t8?,9?,13-/m0/s1. The first-order chi connectivity index (χ1) is 8.86. The third-order valence-electron chi connectivity index (χ3n) is 3.36. The van der Waals surface area contributed by atoms with Crippen molar-refractivity contribution in [1.82, 2.24) is 5.32 Å². The molecule has 0 fully saturated rings. The minimum Gasteiger partial charge on any atom is -0.348 e. The lowest BCUT2D eigenvalue weighted by atomic mass is 9.98. The van der Waals surface area contributed by atoms with Gasteiger partial charge in [0.25, 0.3) is 0 Å². The van der Waals surface area contributed by atoms with Gasteiger partial charge in [-0.15, -0.1) is 0 Å². The Kier molecular flexibility index (Phi) is 5.42. The van der Waals surface area contributed by atoms with Crippen LogP contribution in [-0.4, -0.2) is 11.9 Å². The highest BCUT2D eigenvalue weighted by molar-refractivity contribution is 5.82. The third-order valence-corrected chi connectivity index (χ3v) is 3.36. The molecule has 0 bridgehead atoms. The molecular formula is C14H20F2N2O. The monoisotopic (exact) mass is 270 g/mol. The van der Waals surface area contributed by atoms with Crippen LogP contribution in [0.2, 0.25) is 0 Å². The molecule has 3 N–H and O–H groups in total. The predicted octanol–water partition coefficient (Wildman–Crippen LogP) is 2.52. The summed E-state index contributed by atoms with van der Waals surface area (Å²) >= 11 is 0. The first kappa shape index (κ1) is 15.6. The number of hydrogen-bond donors (Lipinski definition) is 2. The summed E-state index contributed by atoms with van der Waals surface area (Å²) in [6, 6.07) is 2.55. The summed E-state index contributed by atoms with van der Waals surface area (Å²) in [6.07, 6.45) is 0.800. The van der Waals surface area contributed by atoms with Crippen LogP contribution in [0, 0.1) is 17.6 Å². The molecule has 19 heavy (non-hydrogen) atoms. The maximum atomic E-state index is 13.1. The van der Waals surface area contributed by atoms with Crippen molar-refractivity contribution in [2.24, 2.45) is 11.7 Å². The second kappa shape index (κ2) is 6.61. The van der Waals surface area contributed by atoms with Crippen molar-refractivity contribution in [3.63, 3.8) is 0 Å². The van der Waals surface area contributed by atoms with E-state index in [0.717, 1.165) is 18.6 Å². The van der Waals surface area contributed by atoms with E-state index >= 15 is 0 Å². The van der Waals surface area contributed by atoms with Gasteiger partial charge in [-0.25, -0.2) is 8.78 Å². The molecule has 0 radical (unpaired) electrons. The third kappa shape index (κ3) is 3.99. The van der Waals surface area contributed by atoms with E-state index in [4.69, 9.17) is 5.73 Å². The number of hydrogen-bond acceptors (Lipinski definition) is 2. The molecule has 0 heterocycles. The van der Waals surface area contributed by atoms with Crippen molar-refractivity contribution < 1.29 is 13.6 Å². The Labute approximate surface area is 112 Å². The van der Waals surface area contributed by atoms with Crippen LogP contribution in [0.5, 0.6) is 0 Å². The van der Waals surface area contributed by atoms with Crippen LogP contribution in [0.15, 0.2) is 18.2 Å². The molecule has 2 unspecified atom stereocenters. The summed E-state index contributed by atoms with van der Waals surface area (Å²) in [5.74, 6) is -2.05. The average Bonchev–Trinajstić information content (AvgIpc) is 2.39. The van der Waals surface area contributed by atoms with Crippen LogP contribution >= 0.6 is 0 Å². The molecule has 1 aromatic carbocycles. The fourth-order valence-corrected chi connectivity index (χ4v) is 1.69. The molecule has 106 valence electrons. The second-order valence-electron chi connectivity index (χ2n) is 4.82. The van der Waals surface area contributed by atoms with Crippen molar-refractivity contribution in [3.05, 3.63) is 35.4 Å². The van der Waals surface area contributed by atoms with Gasteiger partial charge >= 0.3 is 0 Å². The van der Waals surface area contributed by atoms with Gasteiger partial charge in [0.15, 0.2) is 11.6 Å². The summed E-state index contributed by atoms with van der Waals surface area (Å²) in [5, 5.41) is 2.70. The number of nitrogens with two attached hydrogens (primary N) is 1. The second-order valence-corrected chi connectivity index (χ2v) is 4.82. The zero-order valence-electron chi connectivity index (χ0n) is 11.4. The van der Waals surface area contributed by atoms with Gasteiger partial charge in [0, 0.05) is 0 Å². The van der Waals surface area contributed by atoms with Gasteiger partial charge in [-0.1, -0.05) is 26.3 Å². The van der Waals surface area contributed by atoms with E-state index in [1.165, 1.54) is 6.07 Å². The smallest absolute Gasteiger partial charge is 0.237 e. The van der Waals surface area contributed by atoms with E-state index in [1.54, 1.807) is 6.92 Å². The first-order valence-corrected chi connectivity index (χ1v) is 6.37. The zero-order chi connectivity index (χ0) is 14.6. The van der Waals surface area contributed by atoms with Gasteiger partial charge in [0.1, 0.15) is 0 Å². The van der Waals surface area contributed by atoms with Crippen LogP contribution < -0.4 is 11.1 Å². The molecule has 1 rings (SSSR count). The van der Waals surface area contributed by atoms with Gasteiger partial charge in [-0.3, -0.25) is 4.79 Å². The molecule has 0 aliphatic carbocycles. The van der Waals surface area contributed by atoms with Gasteiger partial charge in [-0.05, 0) is 30.5 Å². The Balaban J connectivity index is 2.71. The van der Waals surface area contributed by atoms with Crippen molar-refractivity contribution in [1.29, 1.82) is 0 Å². The average molecular weight is 270 g/mol. The van der Waals surface area contributed by atoms with Crippen LogP contribution in [0.4, 0.5) is 8.78 Å². The summed E-state index contributed by atoms with van der Waals surface area (Å²) < 4.78 is 25.9. The van der Waals surface area contributed by atoms with E-state index in [1.807, 2.05) is 13.8 Å². The largest absolute Gasteiger partial charge is 0.348 e. The number of nitrogens with one attached hydrogen (secondary N) is 1. The molecule has 0 saturated carbocycles. The summed E-state index contributed by atoms with van der Waals surface area (Å²) in [6.45, 7) is 5.55. The Hall–Kier alpha value is -1.49. The van der Waals surface area contributed by atoms with E-state index < -0.39 is 23.7 Å². The van der Waals surface area contributed by atoms with Crippen molar-refractivity contribution >= 4 is 5.91 Å². The highest BCUT2D eigenvalue weighted by atomic mass is 19.2. The number of rotatable bonds is 5. The molecule has 3 nitrogen and oxygen atoms in total. The molecule has 3 atom stereocenters. The number of amides is 1. The lowest BCUT2D eigenvalue weighted by Gasteiger charge is -2.21. The minimum absolute atomic E-state index is 0.0668. The van der Waals surface area contributed by atoms with Crippen LogP contribution in [-0.2, 0) is 4.79 Å². The fraction of sp³-hybridized carbons (Fsp3) is 0.500. The highest BCUT2D eigenvalue weighted by Crippen LogP contribution is 2.16. The maximum absolute atomic E-state index is 13.1. The molecule has 1 aromatic rings. The maximum Gasteiger partial charge on any atom is 0.237 e. The Morgan fingerprint density at radius 2 is 1.95 bits per heavy atom. The van der Waals surface area contributed by atoms with E-state index in [9.17, 15) is 13.6 Å². The molecule has 0 spiro atoms. The summed E-state index contributed by atoms with van der Waals surface area (Å²) in [4.78, 5) is 11.9. The number of carbonyl (C=O) groups excluding carboxylic acids is 1. The predicted molar refractivity (Wildman–Crippen MR) is 70.3 cm³/mol. The van der Waals surface area contributed by atoms with E-state index in [0.29, 0.717) is 5.56 Å². The van der Waals surface area contributed by atoms with Crippen molar-refractivity contribution in [2.75, 3.05) is 0 Å². The zero-order valence-corrected chi connectivity index (χ0v) is 11.4. The van der Waals surface area contributed by atoms with E-state index in [2.05, 4.69) is 5.32 Å². The topological polar surface area (TPSA) is 55.1 Å². The molecule has 1 amide bonds. The Bertz CT molecular complexity index is 451. The lowest BCUT2D eigenvalue weighted by Crippen LogP contribution is -2.45. The summed E-state index contributed by atoms with van der Waals surface area (Å²) in [5.41, 5.74) is 6.31. The van der Waals surface area contributed by atoms with Crippen LogP contribution in [0.3, 0.4) is 0 Å². The first-order valence-electron chi connectivity index (χ1n) is 6.37. The fourth-order valence-electron chi connectivity index (χ4n) is 1.69. The van der Waals surface area contributed by atoms with Crippen molar-refractivity contribution in [2.45, 2.75) is 39.3 Å². The van der Waals surface area contributed by atoms with Crippen LogP contribution in [0.25, 0.3) is 0 Å². The molecule has 0 saturated heterocycles. The molecule has 5 heteroatoms. The van der Waals surface area contributed by atoms with Crippen LogP contribution in [0.1, 0.15) is 38.8 Å². The normalized spacial score (nSPS) is 15.7. The van der Waals surface area contributed by atoms with E-state index in [-0.39, 0.29) is 11.8 Å². The highest BCUT2D eigenvalue weighted by Gasteiger charge is 2.21.